The largest absolute Gasteiger partial charge is 0.394 e. The minimum absolute atomic E-state index is 0.00226. The van der Waals surface area contributed by atoms with Crippen LogP contribution in [0.2, 0.25) is 0 Å². The van der Waals surface area contributed by atoms with Crippen LogP contribution in [0.15, 0.2) is 0 Å². The number of hydrogen-bond acceptors (Lipinski definition) is 9. The third-order valence-corrected chi connectivity index (χ3v) is 16.4. The number of nitrogens with zero attached hydrogens (tertiary/aromatic N) is 2. The Labute approximate surface area is 343 Å². The molecule has 7 rings (SSSR count). The number of aliphatic hydroxyl groups is 2. The summed E-state index contributed by atoms with van der Waals surface area (Å²) in [6.45, 7) is 9.59. The summed E-state index contributed by atoms with van der Waals surface area (Å²) in [6, 6.07) is -0.597. The highest BCUT2D eigenvalue weighted by molar-refractivity contribution is 5.83. The van der Waals surface area contributed by atoms with E-state index >= 15 is 0 Å². The van der Waals surface area contributed by atoms with Gasteiger partial charge in [-0.15, -0.1) is 0 Å². The number of hydrogen-bond donors (Lipinski definition) is 5. The van der Waals surface area contributed by atoms with Crippen molar-refractivity contribution in [2.75, 3.05) is 47.9 Å². The molecule has 5 N–H and O–H groups in total. The Bertz CT molecular complexity index is 1360. The van der Waals surface area contributed by atoms with Gasteiger partial charge in [-0.25, -0.2) is 0 Å². The molecule has 3 amide bonds. The van der Waals surface area contributed by atoms with Crippen LogP contribution >= 0.6 is 0 Å². The zero-order chi connectivity index (χ0) is 41.2. The van der Waals surface area contributed by atoms with Gasteiger partial charge < -0.3 is 35.8 Å². The van der Waals surface area contributed by atoms with Gasteiger partial charge in [0.2, 0.25) is 17.7 Å². The maximum absolute atomic E-state index is 14.4. The van der Waals surface area contributed by atoms with Gasteiger partial charge in [0.05, 0.1) is 18.8 Å². The average Bonchev–Trinajstić information content (AvgIpc) is 3.56. The summed E-state index contributed by atoms with van der Waals surface area (Å²) >= 11 is 0. The van der Waals surface area contributed by atoms with Crippen molar-refractivity contribution in [1.29, 1.82) is 0 Å². The Kier molecular flexibility index (Phi) is 15.1. The van der Waals surface area contributed by atoms with E-state index in [1.807, 2.05) is 0 Å². The summed E-state index contributed by atoms with van der Waals surface area (Å²) < 4.78 is 6.40. The van der Waals surface area contributed by atoms with Crippen LogP contribution in [-0.2, 0) is 24.0 Å². The Morgan fingerprint density at radius 3 is 2.25 bits per heavy atom. The average molecular weight is 802 g/mol. The van der Waals surface area contributed by atoms with Gasteiger partial charge in [0.1, 0.15) is 12.1 Å². The quantitative estimate of drug-likeness (QED) is 0.163. The molecule has 7 fully saturated rings. The number of carbonyl (C=O) groups is 3. The number of nitrogens with one attached hydrogen (secondary N) is 3. The van der Waals surface area contributed by atoms with Crippen molar-refractivity contribution in [2.24, 2.45) is 64.6 Å². The van der Waals surface area contributed by atoms with Gasteiger partial charge in [0.25, 0.3) is 0 Å². The maximum Gasteiger partial charge on any atom is 0.240 e. The van der Waals surface area contributed by atoms with Crippen molar-refractivity contribution in [2.45, 2.75) is 154 Å². The van der Waals surface area contributed by atoms with Crippen LogP contribution in [0.3, 0.4) is 0 Å². The van der Waals surface area contributed by atoms with Crippen molar-refractivity contribution < 1.29 is 34.2 Å². The zero-order valence-electron chi connectivity index (χ0n) is 36.6. The number of rotatable bonds is 15. The van der Waals surface area contributed by atoms with Crippen LogP contribution < -0.4 is 16.0 Å². The highest BCUT2D eigenvalue weighted by atomic mass is 16.7. The summed E-state index contributed by atoms with van der Waals surface area (Å²) in [6.07, 6.45) is 12.5. The van der Waals surface area contributed by atoms with Crippen molar-refractivity contribution in [3.8, 4) is 0 Å². The van der Waals surface area contributed by atoms with E-state index in [1.54, 1.807) is 26.1 Å². The molecule has 57 heavy (non-hydrogen) atoms. The molecule has 0 radical (unpaired) electrons. The number of aliphatic hydroxyl groups excluding tert-OH is 2. The Morgan fingerprint density at radius 2 is 1.65 bits per heavy atom. The summed E-state index contributed by atoms with van der Waals surface area (Å²) in [7, 11) is 7.59. The monoisotopic (exact) mass is 802 g/mol. The summed E-state index contributed by atoms with van der Waals surface area (Å²) in [5.41, 5.74) is 0.297. The van der Waals surface area contributed by atoms with Crippen LogP contribution in [0.5, 0.6) is 0 Å². The number of fused-ring (bicyclic) bond motifs is 2. The first kappa shape index (κ1) is 44.7. The maximum atomic E-state index is 14.4. The van der Waals surface area contributed by atoms with Crippen LogP contribution in [0, 0.1) is 64.6 Å². The minimum atomic E-state index is -0.858. The van der Waals surface area contributed by atoms with Gasteiger partial charge in [-0.1, -0.05) is 59.3 Å². The van der Waals surface area contributed by atoms with Gasteiger partial charge in [-0.3, -0.25) is 19.2 Å². The van der Waals surface area contributed by atoms with E-state index in [9.17, 15) is 24.6 Å². The topological polar surface area (TPSA) is 153 Å². The molecule has 326 valence electrons. The van der Waals surface area contributed by atoms with E-state index in [-0.39, 0.29) is 72.1 Å². The van der Waals surface area contributed by atoms with Crippen molar-refractivity contribution in [1.82, 2.24) is 25.9 Å². The molecular weight excluding hydrogens is 723 g/mol. The van der Waals surface area contributed by atoms with Gasteiger partial charge >= 0.3 is 0 Å². The zero-order valence-corrected chi connectivity index (χ0v) is 36.6. The lowest BCUT2D eigenvalue weighted by Gasteiger charge is -2.62. The fourth-order valence-electron chi connectivity index (χ4n) is 13.2. The minimum Gasteiger partial charge on any atom is -0.394 e. The molecule has 0 aromatic carbocycles. The second-order valence-corrected chi connectivity index (χ2v) is 20.5. The van der Waals surface area contributed by atoms with E-state index in [0.717, 1.165) is 45.1 Å². The van der Waals surface area contributed by atoms with Crippen LogP contribution in [0.25, 0.3) is 0 Å². The molecule has 15 atom stereocenters. The standard InChI is InChI=1S/C45H79N5O7/c1-26-36-21-33(45(36,3)4)22-37(26)48-44(55)40-39(27(2)52)38(25-51)57-50(40)23-29-15-12-16-35(41(29)56-8)30-18-31(42(53)46-5)20-32(19-30)43(54)47-34(24-49(6)7)17-28-13-10-9-11-14-28/h26-41,51-52H,9-25H2,1-8H3,(H,46,53)(H,47,54)(H,48,55)/t26-,27-,29?,30?,31?,32?,33+,34-,35?,36-,37-,38-,39+,40-,41?/m0/s1. The number of carbonyl (C=O) groups excluding carboxylic acids is 3. The molecule has 6 unspecified atom stereocenters. The molecule has 0 aromatic heterocycles. The summed E-state index contributed by atoms with van der Waals surface area (Å²) in [4.78, 5) is 50.5. The lowest BCUT2D eigenvalue weighted by atomic mass is 9.45. The first-order valence-corrected chi connectivity index (χ1v) is 22.9. The molecule has 0 spiro atoms. The third-order valence-electron chi connectivity index (χ3n) is 16.4. The fraction of sp³-hybridized carbons (Fsp3) is 0.933. The molecule has 6 saturated carbocycles. The number of amides is 3. The highest BCUT2D eigenvalue weighted by Gasteiger charge is 2.58. The van der Waals surface area contributed by atoms with E-state index in [4.69, 9.17) is 9.57 Å². The summed E-state index contributed by atoms with van der Waals surface area (Å²) in [5.74, 6) is 1.28. The molecule has 0 aromatic rings. The number of ether oxygens (including phenoxy) is 1. The lowest BCUT2D eigenvalue weighted by molar-refractivity contribution is -0.193. The van der Waals surface area contributed by atoms with E-state index in [0.29, 0.717) is 48.5 Å². The fourth-order valence-corrected chi connectivity index (χ4v) is 13.2. The molecular formula is C45H79N5O7. The molecule has 1 heterocycles. The Hall–Kier alpha value is -1.83. The molecule has 7 aliphatic rings. The summed E-state index contributed by atoms with van der Waals surface area (Å²) in [5, 5.41) is 33.0. The predicted octanol–water partition coefficient (Wildman–Crippen LogP) is 4.37. The van der Waals surface area contributed by atoms with Crippen molar-refractivity contribution in [3.05, 3.63) is 0 Å². The SMILES string of the molecule is CNC(=O)C1CC(C(=O)N[C@@H](CC2CCCCC2)CN(C)C)CC(C2CCCC(CN3O[C@@H](CO)[C@@H]([C@H](C)O)[C@H]3C(=O)N[C@H]3C[C@H]4C[C@@H]([C@@H]3C)C4(C)C)C2OC)C1. The van der Waals surface area contributed by atoms with Gasteiger partial charge in [0.15, 0.2) is 0 Å². The second-order valence-electron chi connectivity index (χ2n) is 20.5. The smallest absolute Gasteiger partial charge is 0.240 e. The second kappa shape index (κ2) is 19.3. The van der Waals surface area contributed by atoms with E-state index in [2.05, 4.69) is 55.7 Å². The number of hydroxylamine groups is 2. The van der Waals surface area contributed by atoms with Crippen molar-refractivity contribution in [3.63, 3.8) is 0 Å². The highest BCUT2D eigenvalue weighted by Crippen LogP contribution is 2.61. The number of likely N-dealkylation sites (N-methyl/N-ethyl adjacent to an activating group) is 1. The van der Waals surface area contributed by atoms with Crippen LogP contribution in [0.4, 0.5) is 0 Å². The molecule has 12 heteroatoms. The molecule has 12 nitrogen and oxygen atoms in total. The molecule has 2 bridgehead atoms. The van der Waals surface area contributed by atoms with Gasteiger partial charge in [-0.05, 0) is 113 Å². The molecule has 6 aliphatic carbocycles. The van der Waals surface area contributed by atoms with E-state index in [1.165, 1.54) is 38.5 Å². The first-order valence-electron chi connectivity index (χ1n) is 22.9. The van der Waals surface area contributed by atoms with Gasteiger partial charge in [0, 0.05) is 63.0 Å². The predicted molar refractivity (Wildman–Crippen MR) is 220 cm³/mol. The Balaban J connectivity index is 1.17. The van der Waals surface area contributed by atoms with Crippen LogP contribution in [-0.4, -0.2) is 122 Å². The number of methoxy groups -OCH3 is 1. The third kappa shape index (κ3) is 9.88. The van der Waals surface area contributed by atoms with Crippen molar-refractivity contribution >= 4 is 17.7 Å². The van der Waals surface area contributed by atoms with Crippen LogP contribution in [0.1, 0.15) is 118 Å². The van der Waals surface area contributed by atoms with E-state index < -0.39 is 24.2 Å². The molecule has 1 aliphatic heterocycles. The molecule has 1 saturated heterocycles. The van der Waals surface area contributed by atoms with Gasteiger partial charge in [-0.2, -0.15) is 5.06 Å². The normalized spacial score (nSPS) is 39.5. The lowest BCUT2D eigenvalue weighted by Crippen LogP contribution is -2.62. The first-order chi connectivity index (χ1) is 27.2. The Morgan fingerprint density at radius 1 is 0.947 bits per heavy atom.